The van der Waals surface area contributed by atoms with Crippen molar-refractivity contribution in [3.63, 3.8) is 0 Å². The van der Waals surface area contributed by atoms with Gasteiger partial charge in [-0.05, 0) is 24.7 Å². The predicted octanol–water partition coefficient (Wildman–Crippen LogP) is 1.75. The molecule has 0 atom stereocenters. The second-order valence-electron chi connectivity index (χ2n) is 4.00. The Hall–Kier alpha value is -0.620. The van der Waals surface area contributed by atoms with Crippen molar-refractivity contribution in [2.75, 3.05) is 7.05 Å². The zero-order valence-electron chi connectivity index (χ0n) is 10.1. The van der Waals surface area contributed by atoms with E-state index in [9.17, 15) is 8.42 Å². The van der Waals surface area contributed by atoms with Crippen molar-refractivity contribution in [3.05, 3.63) is 28.8 Å². The molecular formula is C11H17ClN2O2S. The Kier molecular flexibility index (Phi) is 4.94. The molecule has 0 fully saturated rings. The Labute approximate surface area is 107 Å². The maximum absolute atomic E-state index is 11.5. The summed E-state index contributed by atoms with van der Waals surface area (Å²) in [7, 11) is -2.05. The maximum atomic E-state index is 11.5. The minimum absolute atomic E-state index is 0.179. The van der Waals surface area contributed by atoms with Crippen LogP contribution < -0.4 is 10.0 Å². The van der Waals surface area contributed by atoms with E-state index in [-0.39, 0.29) is 4.90 Å². The van der Waals surface area contributed by atoms with E-state index in [1.54, 1.807) is 12.1 Å². The van der Waals surface area contributed by atoms with Gasteiger partial charge in [-0.2, -0.15) is 0 Å². The molecule has 0 heterocycles. The fourth-order valence-electron chi connectivity index (χ4n) is 1.27. The molecule has 0 amide bonds. The highest BCUT2D eigenvalue weighted by atomic mass is 35.5. The molecule has 0 saturated heterocycles. The molecule has 4 nitrogen and oxygen atoms in total. The van der Waals surface area contributed by atoms with E-state index in [1.807, 2.05) is 13.8 Å². The lowest BCUT2D eigenvalue weighted by atomic mass is 10.2. The second-order valence-corrected chi connectivity index (χ2v) is 6.29. The van der Waals surface area contributed by atoms with E-state index in [0.717, 1.165) is 5.56 Å². The van der Waals surface area contributed by atoms with E-state index < -0.39 is 10.0 Å². The first-order valence-corrected chi connectivity index (χ1v) is 7.18. The van der Waals surface area contributed by atoms with Gasteiger partial charge in [0.1, 0.15) is 0 Å². The maximum Gasteiger partial charge on any atom is 0.240 e. The van der Waals surface area contributed by atoms with Crippen LogP contribution in [0.25, 0.3) is 0 Å². The van der Waals surface area contributed by atoms with Gasteiger partial charge in [-0.15, -0.1) is 0 Å². The molecule has 1 rings (SSSR count). The van der Waals surface area contributed by atoms with Crippen LogP contribution in [0, 0.1) is 0 Å². The largest absolute Gasteiger partial charge is 0.310 e. The van der Waals surface area contributed by atoms with Crippen molar-refractivity contribution in [1.82, 2.24) is 10.0 Å². The normalized spacial score (nSPS) is 12.1. The quantitative estimate of drug-likeness (QED) is 0.861. The van der Waals surface area contributed by atoms with E-state index in [2.05, 4.69) is 10.0 Å². The number of benzene rings is 1. The summed E-state index contributed by atoms with van der Waals surface area (Å²) < 4.78 is 25.3. The van der Waals surface area contributed by atoms with Gasteiger partial charge >= 0.3 is 0 Å². The molecule has 0 aliphatic heterocycles. The fourth-order valence-corrected chi connectivity index (χ4v) is 2.34. The Balaban J connectivity index is 2.94. The van der Waals surface area contributed by atoms with Crippen LogP contribution in [0.3, 0.4) is 0 Å². The number of hydrogen-bond donors (Lipinski definition) is 2. The average Bonchev–Trinajstić information content (AvgIpc) is 2.27. The molecule has 0 aliphatic carbocycles. The van der Waals surface area contributed by atoms with E-state index >= 15 is 0 Å². The number of nitrogens with one attached hydrogen (secondary N) is 2. The summed E-state index contributed by atoms with van der Waals surface area (Å²) >= 11 is 6.04. The van der Waals surface area contributed by atoms with Gasteiger partial charge in [0.25, 0.3) is 0 Å². The molecule has 17 heavy (non-hydrogen) atoms. The molecule has 0 spiro atoms. The molecule has 0 aliphatic rings. The third-order valence-corrected chi connectivity index (χ3v) is 4.07. The molecule has 0 radical (unpaired) electrons. The van der Waals surface area contributed by atoms with Crippen molar-refractivity contribution in [2.24, 2.45) is 0 Å². The molecule has 96 valence electrons. The third-order valence-electron chi connectivity index (χ3n) is 2.30. The van der Waals surface area contributed by atoms with Gasteiger partial charge in [-0.3, -0.25) is 0 Å². The van der Waals surface area contributed by atoms with Gasteiger partial charge in [0.15, 0.2) is 0 Å². The smallest absolute Gasteiger partial charge is 0.240 e. The highest BCUT2D eigenvalue weighted by Gasteiger charge is 2.13. The molecule has 0 saturated carbocycles. The zero-order valence-corrected chi connectivity index (χ0v) is 11.7. The summed E-state index contributed by atoms with van der Waals surface area (Å²) in [5.74, 6) is 0. The minimum Gasteiger partial charge on any atom is -0.310 e. The van der Waals surface area contributed by atoms with E-state index in [0.29, 0.717) is 17.6 Å². The van der Waals surface area contributed by atoms with Crippen molar-refractivity contribution < 1.29 is 8.42 Å². The van der Waals surface area contributed by atoms with Crippen LogP contribution in [0.15, 0.2) is 23.1 Å². The van der Waals surface area contributed by atoms with Crippen LogP contribution in [-0.4, -0.2) is 21.5 Å². The van der Waals surface area contributed by atoms with Crippen molar-refractivity contribution in [1.29, 1.82) is 0 Å². The topological polar surface area (TPSA) is 58.2 Å². The minimum atomic E-state index is -3.42. The summed E-state index contributed by atoms with van der Waals surface area (Å²) in [5.41, 5.74) is 0.885. The lowest BCUT2D eigenvalue weighted by Crippen LogP contribution is -2.22. The van der Waals surface area contributed by atoms with Crippen LogP contribution >= 0.6 is 11.6 Å². The van der Waals surface area contributed by atoms with Crippen LogP contribution in [0.2, 0.25) is 5.02 Å². The summed E-state index contributed by atoms with van der Waals surface area (Å²) in [6.45, 7) is 4.69. The summed E-state index contributed by atoms with van der Waals surface area (Å²) in [5, 5.41) is 3.68. The summed E-state index contributed by atoms with van der Waals surface area (Å²) in [4.78, 5) is 0.179. The Morgan fingerprint density at radius 3 is 2.47 bits per heavy atom. The first kappa shape index (κ1) is 14.4. The van der Waals surface area contributed by atoms with Crippen molar-refractivity contribution in [3.8, 4) is 0 Å². The van der Waals surface area contributed by atoms with Crippen LogP contribution in [-0.2, 0) is 16.6 Å². The highest BCUT2D eigenvalue weighted by molar-refractivity contribution is 7.89. The highest BCUT2D eigenvalue weighted by Crippen LogP contribution is 2.20. The van der Waals surface area contributed by atoms with Gasteiger partial charge in [0.2, 0.25) is 10.0 Å². The van der Waals surface area contributed by atoms with Crippen molar-refractivity contribution >= 4 is 21.6 Å². The van der Waals surface area contributed by atoms with E-state index in [1.165, 1.54) is 13.1 Å². The van der Waals surface area contributed by atoms with Crippen LogP contribution in [0.4, 0.5) is 0 Å². The fraction of sp³-hybridized carbons (Fsp3) is 0.455. The van der Waals surface area contributed by atoms with Crippen LogP contribution in [0.5, 0.6) is 0 Å². The van der Waals surface area contributed by atoms with Gasteiger partial charge < -0.3 is 5.32 Å². The number of sulfonamides is 1. The molecule has 0 unspecified atom stereocenters. The molecular weight excluding hydrogens is 260 g/mol. The molecule has 6 heteroatoms. The number of halogens is 1. The van der Waals surface area contributed by atoms with Gasteiger partial charge in [-0.1, -0.05) is 31.5 Å². The Bertz CT molecular complexity index is 486. The first-order chi connectivity index (χ1) is 7.86. The second kappa shape index (κ2) is 5.82. The molecule has 1 aromatic rings. The van der Waals surface area contributed by atoms with Gasteiger partial charge in [0, 0.05) is 17.6 Å². The van der Waals surface area contributed by atoms with E-state index in [4.69, 9.17) is 11.6 Å². The lowest BCUT2D eigenvalue weighted by Gasteiger charge is -2.10. The summed E-state index contributed by atoms with van der Waals surface area (Å²) in [6, 6.07) is 5.09. The summed E-state index contributed by atoms with van der Waals surface area (Å²) in [6.07, 6.45) is 0. The molecule has 2 N–H and O–H groups in total. The molecule has 0 bridgehead atoms. The Morgan fingerprint density at radius 2 is 2.00 bits per heavy atom. The monoisotopic (exact) mass is 276 g/mol. The third kappa shape index (κ3) is 3.96. The zero-order chi connectivity index (χ0) is 13.1. The predicted molar refractivity (Wildman–Crippen MR) is 69.7 cm³/mol. The number of hydrogen-bond acceptors (Lipinski definition) is 3. The average molecular weight is 277 g/mol. The Morgan fingerprint density at radius 1 is 1.35 bits per heavy atom. The lowest BCUT2D eigenvalue weighted by molar-refractivity contribution is 0.585. The first-order valence-electron chi connectivity index (χ1n) is 5.32. The molecule has 1 aromatic carbocycles. The van der Waals surface area contributed by atoms with Gasteiger partial charge in [-0.25, -0.2) is 13.1 Å². The van der Waals surface area contributed by atoms with Gasteiger partial charge in [0.05, 0.1) is 4.90 Å². The van der Waals surface area contributed by atoms with Crippen LogP contribution in [0.1, 0.15) is 19.4 Å². The SMILES string of the molecule is CNS(=O)(=O)c1ccc(CNC(C)C)c(Cl)c1. The standard InChI is InChI=1S/C11H17ClN2O2S/c1-8(2)14-7-9-4-5-10(6-11(9)12)17(15,16)13-3/h4-6,8,13-14H,7H2,1-3H3. The molecule has 0 aromatic heterocycles. The van der Waals surface area contributed by atoms with Crippen molar-refractivity contribution in [2.45, 2.75) is 31.3 Å². The number of rotatable bonds is 5.